The molecule has 1 aromatic carbocycles. The Kier molecular flexibility index (Phi) is 7.58. The molecule has 0 saturated carbocycles. The largest absolute Gasteiger partial charge is 0.411 e. The number of amidine groups is 1. The fraction of sp³-hybridized carbons (Fsp3) is 0.190. The third-order valence-electron chi connectivity index (χ3n) is 4.15. The van der Waals surface area contributed by atoms with Crippen LogP contribution in [0.1, 0.15) is 24.5 Å². The van der Waals surface area contributed by atoms with Gasteiger partial charge in [0, 0.05) is 11.9 Å². The van der Waals surface area contributed by atoms with Gasteiger partial charge in [0.25, 0.3) is 5.89 Å². The molecule has 0 fully saturated rings. The number of anilines is 1. The van der Waals surface area contributed by atoms with Crippen molar-refractivity contribution in [1.82, 2.24) is 15.1 Å². The molecule has 5 N–H and O–H groups in total. The number of halogens is 3. The first kappa shape index (κ1) is 24.4. The summed E-state index contributed by atoms with van der Waals surface area (Å²) >= 11 is 0. The van der Waals surface area contributed by atoms with E-state index in [9.17, 15) is 13.2 Å². The number of benzene rings is 1. The Morgan fingerprint density at radius 3 is 2.56 bits per heavy atom. The number of aromatic nitrogens is 3. The Morgan fingerprint density at radius 1 is 1.18 bits per heavy atom. The van der Waals surface area contributed by atoms with Crippen molar-refractivity contribution in [3.8, 4) is 11.5 Å². The molecule has 0 aliphatic carbocycles. The van der Waals surface area contributed by atoms with Gasteiger partial charge < -0.3 is 26.0 Å². The van der Waals surface area contributed by atoms with Crippen molar-refractivity contribution in [3.05, 3.63) is 72.6 Å². The Hall–Kier alpha value is -4.26. The number of rotatable bonds is 8. The van der Waals surface area contributed by atoms with E-state index in [1.165, 1.54) is 19.2 Å². The highest BCUT2D eigenvalue weighted by atomic mass is 19.4. The van der Waals surface area contributed by atoms with Crippen molar-refractivity contribution in [1.29, 1.82) is 0 Å². The molecule has 178 valence electrons. The van der Waals surface area contributed by atoms with Crippen molar-refractivity contribution in [3.63, 3.8) is 0 Å². The first-order valence-electron chi connectivity index (χ1n) is 9.79. The van der Waals surface area contributed by atoms with Crippen LogP contribution in [0.25, 0.3) is 11.5 Å². The van der Waals surface area contributed by atoms with E-state index in [1.54, 1.807) is 6.07 Å². The zero-order chi connectivity index (χ0) is 24.7. The predicted molar refractivity (Wildman–Crippen MR) is 120 cm³/mol. The highest BCUT2D eigenvalue weighted by molar-refractivity contribution is 6.02. The van der Waals surface area contributed by atoms with E-state index in [2.05, 4.69) is 37.0 Å². The number of nitrogens with two attached hydrogens (primary N) is 2. The Morgan fingerprint density at radius 2 is 1.91 bits per heavy atom. The SMILES string of the molecule is C=C(N=C(N)N=C(N)c1noc(-c2ccc(C(C)OCC(F)(F)F)nc2)n1)Nc1ccccc1. The fourth-order valence-electron chi connectivity index (χ4n) is 2.57. The van der Waals surface area contributed by atoms with Gasteiger partial charge in [-0.3, -0.25) is 4.98 Å². The molecule has 13 heteroatoms. The maximum absolute atomic E-state index is 12.3. The maximum atomic E-state index is 12.3. The second-order valence-corrected chi connectivity index (χ2v) is 6.87. The van der Waals surface area contributed by atoms with Crippen LogP contribution >= 0.6 is 0 Å². The zero-order valence-corrected chi connectivity index (χ0v) is 18.0. The lowest BCUT2D eigenvalue weighted by Gasteiger charge is -2.14. The quantitative estimate of drug-likeness (QED) is 0.332. The number of ether oxygens (including phenoxy) is 1. The summed E-state index contributed by atoms with van der Waals surface area (Å²) < 4.78 is 46.8. The van der Waals surface area contributed by atoms with E-state index in [4.69, 9.17) is 20.7 Å². The van der Waals surface area contributed by atoms with Crippen LogP contribution in [0.4, 0.5) is 18.9 Å². The molecule has 0 aliphatic rings. The van der Waals surface area contributed by atoms with E-state index in [1.807, 2.05) is 30.3 Å². The first-order valence-corrected chi connectivity index (χ1v) is 9.79. The Bertz CT molecular complexity index is 1170. The lowest BCUT2D eigenvalue weighted by molar-refractivity contribution is -0.184. The molecule has 3 rings (SSSR count). The molecule has 2 aromatic heterocycles. The third-order valence-corrected chi connectivity index (χ3v) is 4.15. The normalized spacial score (nSPS) is 13.5. The Balaban J connectivity index is 1.64. The van der Waals surface area contributed by atoms with Crippen LogP contribution < -0.4 is 16.8 Å². The molecule has 10 nitrogen and oxygen atoms in total. The topological polar surface area (TPSA) is 150 Å². The number of pyridine rings is 1. The smallest absolute Gasteiger partial charge is 0.380 e. The van der Waals surface area contributed by atoms with Crippen LogP contribution in [0.3, 0.4) is 0 Å². The predicted octanol–water partition coefficient (Wildman–Crippen LogP) is 3.37. The highest BCUT2D eigenvalue weighted by Gasteiger charge is 2.29. The number of nitrogens with one attached hydrogen (secondary N) is 1. The first-order chi connectivity index (χ1) is 16.1. The average molecular weight is 474 g/mol. The highest BCUT2D eigenvalue weighted by Crippen LogP contribution is 2.23. The summed E-state index contributed by atoms with van der Waals surface area (Å²) in [6.07, 6.45) is -3.91. The van der Waals surface area contributed by atoms with Gasteiger partial charge in [-0.05, 0) is 31.2 Å². The number of guanidine groups is 1. The van der Waals surface area contributed by atoms with Gasteiger partial charge in [0.15, 0.2) is 5.84 Å². The van der Waals surface area contributed by atoms with E-state index < -0.39 is 18.9 Å². The summed E-state index contributed by atoms with van der Waals surface area (Å²) in [6.45, 7) is 3.84. The number of hydrogen-bond donors (Lipinski definition) is 3. The minimum absolute atomic E-state index is 0.0410. The van der Waals surface area contributed by atoms with E-state index in [-0.39, 0.29) is 29.3 Å². The Labute approximate surface area is 192 Å². The molecule has 0 radical (unpaired) electrons. The zero-order valence-electron chi connectivity index (χ0n) is 18.0. The summed E-state index contributed by atoms with van der Waals surface area (Å²) in [4.78, 5) is 16.1. The molecule has 1 atom stereocenters. The number of alkyl halides is 3. The van der Waals surface area contributed by atoms with Crippen molar-refractivity contribution >= 4 is 17.5 Å². The molecule has 0 aliphatic heterocycles. The minimum atomic E-state index is -4.42. The molecular weight excluding hydrogens is 453 g/mol. The molecule has 2 heterocycles. The molecule has 34 heavy (non-hydrogen) atoms. The second-order valence-electron chi connectivity index (χ2n) is 6.87. The van der Waals surface area contributed by atoms with Crippen LogP contribution in [-0.2, 0) is 4.74 Å². The molecule has 0 spiro atoms. The van der Waals surface area contributed by atoms with Gasteiger partial charge in [0.1, 0.15) is 12.4 Å². The van der Waals surface area contributed by atoms with Crippen molar-refractivity contribution in [2.24, 2.45) is 21.5 Å². The van der Waals surface area contributed by atoms with Crippen LogP contribution in [0.5, 0.6) is 0 Å². The molecule has 0 saturated heterocycles. The lowest BCUT2D eigenvalue weighted by Crippen LogP contribution is -2.21. The van der Waals surface area contributed by atoms with Crippen molar-refractivity contribution < 1.29 is 22.4 Å². The van der Waals surface area contributed by atoms with E-state index in [0.717, 1.165) is 5.69 Å². The average Bonchev–Trinajstić information content (AvgIpc) is 3.28. The summed E-state index contributed by atoms with van der Waals surface area (Å²) in [6, 6.07) is 12.3. The van der Waals surface area contributed by atoms with Gasteiger partial charge >= 0.3 is 6.18 Å². The third kappa shape index (κ3) is 7.13. The fourth-order valence-corrected chi connectivity index (χ4v) is 2.57. The number of nitrogens with zero attached hydrogens (tertiary/aromatic N) is 5. The van der Waals surface area contributed by atoms with Gasteiger partial charge in [-0.15, -0.1) is 0 Å². The van der Waals surface area contributed by atoms with Gasteiger partial charge in [-0.2, -0.15) is 28.1 Å². The van der Waals surface area contributed by atoms with E-state index in [0.29, 0.717) is 11.3 Å². The molecule has 3 aromatic rings. The summed E-state index contributed by atoms with van der Waals surface area (Å²) in [5.74, 6) is -0.0604. The lowest BCUT2D eigenvalue weighted by atomic mass is 10.2. The van der Waals surface area contributed by atoms with Gasteiger partial charge in [-0.25, -0.2) is 0 Å². The van der Waals surface area contributed by atoms with E-state index >= 15 is 0 Å². The second kappa shape index (κ2) is 10.6. The van der Waals surface area contributed by atoms with Gasteiger partial charge in [0.2, 0.25) is 11.8 Å². The summed E-state index contributed by atoms with van der Waals surface area (Å²) in [7, 11) is 0. The van der Waals surface area contributed by atoms with Crippen molar-refractivity contribution in [2.75, 3.05) is 11.9 Å². The maximum Gasteiger partial charge on any atom is 0.411 e. The number of para-hydroxylation sites is 1. The number of hydrogen-bond acceptors (Lipinski definition) is 7. The van der Waals surface area contributed by atoms with Crippen molar-refractivity contribution in [2.45, 2.75) is 19.2 Å². The van der Waals surface area contributed by atoms with Crippen LogP contribution in [0, 0.1) is 0 Å². The summed E-state index contributed by atoms with van der Waals surface area (Å²) in [5, 5.41) is 6.68. The minimum Gasteiger partial charge on any atom is -0.380 e. The van der Waals surface area contributed by atoms with Crippen LogP contribution in [0.15, 0.2) is 75.6 Å². The molecular formula is C21H21F3N8O2. The number of aliphatic imine (C=N–C) groups is 2. The standard InChI is InChI=1S/C21H21F3N8O2/c1-12(33-11-21(22,23)24)16-9-8-14(10-27-16)19-31-18(32-34-19)17(25)30-20(26)29-13(2)28-15-6-4-3-5-7-15/h3-10,12,28H,2,11H2,1H3,(H4,25,26,29,30). The van der Waals surface area contributed by atoms with Crippen LogP contribution in [0.2, 0.25) is 0 Å². The monoisotopic (exact) mass is 474 g/mol. The summed E-state index contributed by atoms with van der Waals surface area (Å²) in [5.41, 5.74) is 13.2. The molecule has 1 unspecified atom stereocenters. The van der Waals surface area contributed by atoms with Gasteiger partial charge in [-0.1, -0.05) is 29.9 Å². The molecule has 0 amide bonds. The molecule has 0 bridgehead atoms. The van der Waals surface area contributed by atoms with Gasteiger partial charge in [0.05, 0.1) is 17.4 Å². The van der Waals surface area contributed by atoms with Crippen LogP contribution in [-0.4, -0.2) is 39.7 Å².